The van der Waals surface area contributed by atoms with Gasteiger partial charge in [-0.1, -0.05) is 54.6 Å². The Morgan fingerprint density at radius 1 is 0.969 bits per heavy atom. The summed E-state index contributed by atoms with van der Waals surface area (Å²) in [4.78, 5) is 27.0. The molecule has 0 bridgehead atoms. The van der Waals surface area contributed by atoms with Gasteiger partial charge < -0.3 is 5.32 Å². The number of hydrogen-bond acceptors (Lipinski definition) is 5. The molecule has 32 heavy (non-hydrogen) atoms. The quantitative estimate of drug-likeness (QED) is 0.226. The lowest BCUT2D eigenvalue weighted by Gasteiger charge is -2.04. The molecule has 3 aromatic carbocycles. The fourth-order valence-electron chi connectivity index (χ4n) is 3.04. The van der Waals surface area contributed by atoms with Crippen molar-refractivity contribution >= 4 is 29.0 Å². The second-order valence-electron chi connectivity index (χ2n) is 7.00. The number of nitrogens with zero attached hydrogens (tertiary/aromatic N) is 2. The van der Waals surface area contributed by atoms with E-state index < -0.39 is 4.92 Å². The highest BCUT2D eigenvalue weighted by atomic mass is 32.1. The van der Waals surface area contributed by atoms with Crippen molar-refractivity contribution < 1.29 is 9.72 Å². The van der Waals surface area contributed by atoms with Crippen molar-refractivity contribution in [3.05, 3.63) is 112 Å². The van der Waals surface area contributed by atoms with Gasteiger partial charge in [0.25, 0.3) is 5.69 Å². The smallest absolute Gasteiger partial charge is 0.269 e. The first-order valence-corrected chi connectivity index (χ1v) is 10.8. The van der Waals surface area contributed by atoms with Gasteiger partial charge in [0.15, 0.2) is 0 Å². The van der Waals surface area contributed by atoms with Crippen LogP contribution in [-0.2, 0) is 11.3 Å². The minimum absolute atomic E-state index is 0.0177. The molecular formula is C25H19N3O3S. The molecule has 0 radical (unpaired) electrons. The van der Waals surface area contributed by atoms with Crippen LogP contribution >= 0.6 is 11.3 Å². The van der Waals surface area contributed by atoms with Crippen molar-refractivity contribution in [2.75, 3.05) is 0 Å². The zero-order chi connectivity index (χ0) is 22.3. The summed E-state index contributed by atoms with van der Waals surface area (Å²) in [5, 5.41) is 16.5. The third-order valence-electron chi connectivity index (χ3n) is 4.77. The maximum atomic E-state index is 12.1. The molecule has 0 atom stereocenters. The lowest BCUT2D eigenvalue weighted by Crippen LogP contribution is -2.20. The van der Waals surface area contributed by atoms with Crippen LogP contribution in [0.3, 0.4) is 0 Å². The van der Waals surface area contributed by atoms with E-state index in [-0.39, 0.29) is 11.6 Å². The molecule has 0 fully saturated rings. The van der Waals surface area contributed by atoms with E-state index >= 15 is 0 Å². The Labute approximate surface area is 189 Å². The third kappa shape index (κ3) is 5.33. The van der Waals surface area contributed by atoms with Gasteiger partial charge in [-0.15, -0.1) is 11.3 Å². The average molecular weight is 442 g/mol. The van der Waals surface area contributed by atoms with E-state index in [1.807, 2.05) is 54.6 Å². The molecular weight excluding hydrogens is 422 g/mol. The number of rotatable bonds is 7. The Balaban J connectivity index is 1.32. The maximum Gasteiger partial charge on any atom is 0.269 e. The molecule has 0 aliphatic heterocycles. The van der Waals surface area contributed by atoms with Crippen molar-refractivity contribution in [2.45, 2.75) is 6.54 Å². The number of thiazole rings is 1. The summed E-state index contributed by atoms with van der Waals surface area (Å²) in [6.07, 6.45) is 3.03. The molecule has 0 unspecified atom stereocenters. The Morgan fingerprint density at radius 2 is 1.69 bits per heavy atom. The second-order valence-corrected chi connectivity index (χ2v) is 7.86. The fraction of sp³-hybridized carbons (Fsp3) is 0.0400. The van der Waals surface area contributed by atoms with Gasteiger partial charge in [0.05, 0.1) is 10.6 Å². The van der Waals surface area contributed by atoms with Gasteiger partial charge >= 0.3 is 0 Å². The topological polar surface area (TPSA) is 85.1 Å². The van der Waals surface area contributed by atoms with Gasteiger partial charge in [-0.05, 0) is 29.3 Å². The molecule has 0 saturated carbocycles. The van der Waals surface area contributed by atoms with Crippen LogP contribution in [0.2, 0.25) is 0 Å². The number of carbonyl (C=O) groups excluding carboxylic acids is 1. The molecule has 158 valence electrons. The van der Waals surface area contributed by atoms with Crippen LogP contribution in [0.25, 0.3) is 27.9 Å². The lowest BCUT2D eigenvalue weighted by molar-refractivity contribution is -0.384. The van der Waals surface area contributed by atoms with Gasteiger partial charge in [-0.2, -0.15) is 0 Å². The first-order valence-electron chi connectivity index (χ1n) is 9.89. The standard InChI is InChI=1S/C25H19N3O3S/c29-24(15-10-18-8-13-22(14-9-18)28(30)31)26-16-19-6-11-21(12-7-19)25-27-23(17-32-25)20-4-2-1-3-5-20/h1-15,17H,16H2,(H,26,29)/b15-10+. The fourth-order valence-corrected chi connectivity index (χ4v) is 3.88. The molecule has 4 rings (SSSR count). The number of nitro benzene ring substituents is 1. The molecule has 1 aromatic heterocycles. The summed E-state index contributed by atoms with van der Waals surface area (Å²) in [7, 11) is 0. The van der Waals surface area contributed by atoms with Crippen LogP contribution in [0.15, 0.2) is 90.3 Å². The van der Waals surface area contributed by atoms with Gasteiger partial charge in [-0.3, -0.25) is 14.9 Å². The Bertz CT molecular complexity index is 1250. The number of amides is 1. The molecule has 1 N–H and O–H groups in total. The van der Waals surface area contributed by atoms with Crippen LogP contribution in [-0.4, -0.2) is 15.8 Å². The third-order valence-corrected chi connectivity index (χ3v) is 5.66. The average Bonchev–Trinajstić information content (AvgIpc) is 3.33. The largest absolute Gasteiger partial charge is 0.348 e. The van der Waals surface area contributed by atoms with Crippen LogP contribution < -0.4 is 5.32 Å². The van der Waals surface area contributed by atoms with E-state index in [4.69, 9.17) is 4.98 Å². The number of benzene rings is 3. The first kappa shape index (κ1) is 21.1. The van der Waals surface area contributed by atoms with Crippen LogP contribution in [0, 0.1) is 10.1 Å². The molecule has 1 heterocycles. The number of nitrogens with one attached hydrogen (secondary N) is 1. The number of nitro groups is 1. The summed E-state index contributed by atoms with van der Waals surface area (Å²) >= 11 is 1.60. The summed E-state index contributed by atoms with van der Waals surface area (Å²) < 4.78 is 0. The predicted octanol–water partition coefficient (Wildman–Crippen LogP) is 5.71. The van der Waals surface area contributed by atoms with Crippen LogP contribution in [0.4, 0.5) is 5.69 Å². The Kier molecular flexibility index (Phi) is 6.48. The van der Waals surface area contributed by atoms with E-state index in [9.17, 15) is 14.9 Å². The highest BCUT2D eigenvalue weighted by molar-refractivity contribution is 7.13. The summed E-state index contributed by atoms with van der Waals surface area (Å²) in [6.45, 7) is 0.400. The first-order chi connectivity index (χ1) is 15.6. The van der Waals surface area contributed by atoms with Gasteiger partial charge in [0, 0.05) is 41.3 Å². The van der Waals surface area contributed by atoms with Crippen LogP contribution in [0.5, 0.6) is 0 Å². The van der Waals surface area contributed by atoms with E-state index in [1.54, 1.807) is 29.5 Å². The van der Waals surface area contributed by atoms with E-state index in [0.29, 0.717) is 12.1 Å². The van der Waals surface area contributed by atoms with Gasteiger partial charge in [0.1, 0.15) is 5.01 Å². The molecule has 0 saturated heterocycles. The molecule has 4 aromatic rings. The molecule has 7 heteroatoms. The minimum Gasteiger partial charge on any atom is -0.348 e. The van der Waals surface area contributed by atoms with E-state index in [1.165, 1.54) is 18.2 Å². The van der Waals surface area contributed by atoms with E-state index in [0.717, 1.165) is 27.4 Å². The minimum atomic E-state index is -0.456. The van der Waals surface area contributed by atoms with E-state index in [2.05, 4.69) is 10.7 Å². The van der Waals surface area contributed by atoms with Crippen molar-refractivity contribution in [1.82, 2.24) is 10.3 Å². The lowest BCUT2D eigenvalue weighted by atomic mass is 10.1. The van der Waals surface area contributed by atoms with Crippen molar-refractivity contribution in [1.29, 1.82) is 0 Å². The summed E-state index contributed by atoms with van der Waals surface area (Å²) in [6, 6.07) is 24.0. The number of non-ortho nitro benzene ring substituents is 1. The molecule has 0 aliphatic rings. The normalized spacial score (nSPS) is 10.9. The van der Waals surface area contributed by atoms with Gasteiger partial charge in [0.2, 0.25) is 5.91 Å². The predicted molar refractivity (Wildman–Crippen MR) is 127 cm³/mol. The zero-order valence-electron chi connectivity index (χ0n) is 17.0. The summed E-state index contributed by atoms with van der Waals surface area (Å²) in [5.74, 6) is -0.236. The van der Waals surface area contributed by atoms with Crippen molar-refractivity contribution in [3.8, 4) is 21.8 Å². The molecule has 6 nitrogen and oxygen atoms in total. The number of carbonyl (C=O) groups is 1. The summed E-state index contributed by atoms with van der Waals surface area (Å²) in [5.41, 5.74) is 4.80. The molecule has 0 spiro atoms. The number of hydrogen-bond donors (Lipinski definition) is 1. The van der Waals surface area contributed by atoms with Crippen LogP contribution in [0.1, 0.15) is 11.1 Å². The molecule has 0 aliphatic carbocycles. The Hall–Kier alpha value is -4.10. The monoisotopic (exact) mass is 441 g/mol. The van der Waals surface area contributed by atoms with Crippen molar-refractivity contribution in [3.63, 3.8) is 0 Å². The number of aromatic nitrogens is 1. The van der Waals surface area contributed by atoms with Crippen molar-refractivity contribution in [2.24, 2.45) is 0 Å². The SMILES string of the molecule is O=C(/C=C/c1ccc([N+](=O)[O-])cc1)NCc1ccc(-c2nc(-c3ccccc3)cs2)cc1. The second kappa shape index (κ2) is 9.80. The molecule has 1 amide bonds. The highest BCUT2D eigenvalue weighted by Gasteiger charge is 2.07. The Morgan fingerprint density at radius 3 is 2.38 bits per heavy atom. The zero-order valence-corrected chi connectivity index (χ0v) is 17.8. The highest BCUT2D eigenvalue weighted by Crippen LogP contribution is 2.28. The maximum absolute atomic E-state index is 12.1. The van der Waals surface area contributed by atoms with Gasteiger partial charge in [-0.25, -0.2) is 4.98 Å².